The molecule has 140 valence electrons. The molecule has 3 aromatic rings. The fraction of sp³-hybridized carbons (Fsp3) is 0.333. The molecule has 9 nitrogen and oxygen atoms in total. The Kier molecular flexibility index (Phi) is 4.85. The molecule has 0 saturated carbocycles. The fourth-order valence-corrected chi connectivity index (χ4v) is 2.77. The first-order chi connectivity index (χ1) is 12.7. The maximum absolute atomic E-state index is 12.6. The number of anilines is 1. The molecule has 0 fully saturated rings. The smallest absolute Gasteiger partial charge is 0.267 e. The predicted octanol–water partition coefficient (Wildman–Crippen LogP) is 1.65. The predicted molar refractivity (Wildman–Crippen MR) is 99.9 cm³/mol. The fourth-order valence-electron chi connectivity index (χ4n) is 2.77. The first-order valence-electron chi connectivity index (χ1n) is 8.51. The van der Waals surface area contributed by atoms with Gasteiger partial charge >= 0.3 is 0 Å². The number of rotatable bonds is 4. The van der Waals surface area contributed by atoms with Crippen LogP contribution in [0.4, 0.5) is 5.95 Å². The first kappa shape index (κ1) is 18.4. The zero-order chi connectivity index (χ0) is 19.7. The van der Waals surface area contributed by atoms with Crippen LogP contribution in [0.15, 0.2) is 29.1 Å². The summed E-state index contributed by atoms with van der Waals surface area (Å²) in [4.78, 5) is 33.2. The standard InChI is InChI=1S/C18H21N7O2/c1-10-8-11(2)20-18(19-10)21-17(27)14(5)25-16(26)7-6-15(23-25)24-13(4)9-12(3)22-24/h6-9,14H,1-5H3,(H,19,20,21,27). The number of hydrogen-bond donors (Lipinski definition) is 1. The van der Waals surface area contributed by atoms with Crippen LogP contribution in [-0.2, 0) is 4.79 Å². The van der Waals surface area contributed by atoms with E-state index in [0.717, 1.165) is 27.5 Å². The van der Waals surface area contributed by atoms with Crippen LogP contribution in [0.1, 0.15) is 35.7 Å². The Hall–Kier alpha value is -3.36. The van der Waals surface area contributed by atoms with E-state index >= 15 is 0 Å². The Bertz CT molecular complexity index is 1050. The lowest BCUT2D eigenvalue weighted by Gasteiger charge is -2.15. The Morgan fingerprint density at radius 3 is 2.26 bits per heavy atom. The van der Waals surface area contributed by atoms with E-state index in [1.54, 1.807) is 17.7 Å². The van der Waals surface area contributed by atoms with Gasteiger partial charge in [-0.1, -0.05) is 0 Å². The highest BCUT2D eigenvalue weighted by Crippen LogP contribution is 2.11. The average Bonchev–Trinajstić information content (AvgIpc) is 2.92. The molecule has 0 saturated heterocycles. The summed E-state index contributed by atoms with van der Waals surface area (Å²) in [6.07, 6.45) is 0. The second kappa shape index (κ2) is 7.10. The van der Waals surface area contributed by atoms with Crippen molar-refractivity contribution in [2.75, 3.05) is 5.32 Å². The van der Waals surface area contributed by atoms with Crippen molar-refractivity contribution >= 4 is 11.9 Å². The normalized spacial score (nSPS) is 12.0. The van der Waals surface area contributed by atoms with Gasteiger partial charge in [0, 0.05) is 23.1 Å². The van der Waals surface area contributed by atoms with Crippen LogP contribution in [0, 0.1) is 27.7 Å². The van der Waals surface area contributed by atoms with Crippen molar-refractivity contribution < 1.29 is 4.79 Å². The number of aryl methyl sites for hydroxylation is 4. The lowest BCUT2D eigenvalue weighted by Crippen LogP contribution is -2.34. The van der Waals surface area contributed by atoms with Crippen molar-refractivity contribution in [3.05, 3.63) is 57.4 Å². The van der Waals surface area contributed by atoms with Gasteiger partial charge in [0.2, 0.25) is 5.95 Å². The SMILES string of the molecule is Cc1cc(C)nc(NC(=O)C(C)n2nc(-n3nc(C)cc3C)ccc2=O)n1. The molecule has 1 amide bonds. The van der Waals surface area contributed by atoms with Crippen LogP contribution in [0.3, 0.4) is 0 Å². The number of carbonyl (C=O) groups excluding carboxylic acids is 1. The quantitative estimate of drug-likeness (QED) is 0.751. The lowest BCUT2D eigenvalue weighted by atomic mass is 10.3. The summed E-state index contributed by atoms with van der Waals surface area (Å²) in [5.41, 5.74) is 2.82. The molecule has 3 aromatic heterocycles. The van der Waals surface area contributed by atoms with E-state index in [0.29, 0.717) is 5.82 Å². The summed E-state index contributed by atoms with van der Waals surface area (Å²) >= 11 is 0. The van der Waals surface area contributed by atoms with Gasteiger partial charge in [-0.3, -0.25) is 14.9 Å². The molecule has 0 bridgehead atoms. The van der Waals surface area contributed by atoms with Gasteiger partial charge in [0.1, 0.15) is 6.04 Å². The Morgan fingerprint density at radius 1 is 1.00 bits per heavy atom. The third kappa shape index (κ3) is 3.91. The molecule has 0 radical (unpaired) electrons. The molecular formula is C18H21N7O2. The van der Waals surface area contributed by atoms with E-state index in [1.807, 2.05) is 39.8 Å². The molecule has 1 unspecified atom stereocenters. The summed E-state index contributed by atoms with van der Waals surface area (Å²) < 4.78 is 2.76. The van der Waals surface area contributed by atoms with E-state index in [2.05, 4.69) is 25.5 Å². The van der Waals surface area contributed by atoms with Gasteiger partial charge in [-0.05, 0) is 52.8 Å². The molecule has 1 N–H and O–H groups in total. The molecule has 27 heavy (non-hydrogen) atoms. The van der Waals surface area contributed by atoms with E-state index in [1.165, 1.54) is 6.07 Å². The number of aromatic nitrogens is 6. The van der Waals surface area contributed by atoms with Gasteiger partial charge in [-0.15, -0.1) is 5.10 Å². The minimum absolute atomic E-state index is 0.201. The lowest BCUT2D eigenvalue weighted by molar-refractivity contribution is -0.119. The zero-order valence-corrected chi connectivity index (χ0v) is 15.9. The number of carbonyl (C=O) groups is 1. The molecule has 0 aliphatic heterocycles. The molecular weight excluding hydrogens is 346 g/mol. The summed E-state index contributed by atoms with van der Waals surface area (Å²) in [6.45, 7) is 9.00. The maximum Gasteiger partial charge on any atom is 0.267 e. The van der Waals surface area contributed by atoms with E-state index in [-0.39, 0.29) is 11.5 Å². The second-order valence-corrected chi connectivity index (χ2v) is 6.45. The minimum Gasteiger partial charge on any atom is -0.293 e. The van der Waals surface area contributed by atoms with Crippen molar-refractivity contribution in [3.63, 3.8) is 0 Å². The van der Waals surface area contributed by atoms with Gasteiger partial charge in [0.25, 0.3) is 11.5 Å². The molecule has 0 aromatic carbocycles. The monoisotopic (exact) mass is 367 g/mol. The van der Waals surface area contributed by atoms with Gasteiger partial charge in [-0.2, -0.15) is 5.10 Å². The first-order valence-corrected chi connectivity index (χ1v) is 8.51. The van der Waals surface area contributed by atoms with E-state index in [4.69, 9.17) is 0 Å². The van der Waals surface area contributed by atoms with Crippen molar-refractivity contribution in [1.29, 1.82) is 0 Å². The Morgan fingerprint density at radius 2 is 1.67 bits per heavy atom. The molecule has 3 heterocycles. The van der Waals surface area contributed by atoms with Crippen molar-refractivity contribution in [2.24, 2.45) is 0 Å². The number of nitrogens with zero attached hydrogens (tertiary/aromatic N) is 6. The molecule has 0 aliphatic rings. The minimum atomic E-state index is -0.848. The summed E-state index contributed by atoms with van der Waals surface area (Å²) in [5, 5.41) is 11.3. The van der Waals surface area contributed by atoms with Crippen LogP contribution < -0.4 is 10.9 Å². The topological polar surface area (TPSA) is 108 Å². The summed E-state index contributed by atoms with van der Waals surface area (Å²) in [6, 6.07) is 5.82. The van der Waals surface area contributed by atoms with Crippen molar-refractivity contribution in [1.82, 2.24) is 29.5 Å². The zero-order valence-electron chi connectivity index (χ0n) is 15.9. The van der Waals surface area contributed by atoms with Gasteiger partial charge < -0.3 is 0 Å². The highest BCUT2D eigenvalue weighted by atomic mass is 16.2. The molecule has 1 atom stereocenters. The van der Waals surface area contributed by atoms with E-state index in [9.17, 15) is 9.59 Å². The average molecular weight is 367 g/mol. The van der Waals surface area contributed by atoms with Crippen LogP contribution in [-0.4, -0.2) is 35.4 Å². The highest BCUT2D eigenvalue weighted by Gasteiger charge is 2.20. The Balaban J connectivity index is 1.90. The largest absolute Gasteiger partial charge is 0.293 e. The van der Waals surface area contributed by atoms with Crippen LogP contribution in [0.2, 0.25) is 0 Å². The van der Waals surface area contributed by atoms with E-state index < -0.39 is 11.9 Å². The van der Waals surface area contributed by atoms with Gasteiger partial charge in [0.15, 0.2) is 5.82 Å². The number of amides is 1. The molecule has 3 rings (SSSR count). The molecule has 9 heteroatoms. The summed E-state index contributed by atoms with van der Waals surface area (Å²) in [5.74, 6) is 0.231. The molecule has 0 spiro atoms. The highest BCUT2D eigenvalue weighted by molar-refractivity contribution is 5.91. The third-order valence-electron chi connectivity index (χ3n) is 4.00. The third-order valence-corrected chi connectivity index (χ3v) is 4.00. The summed E-state index contributed by atoms with van der Waals surface area (Å²) in [7, 11) is 0. The number of hydrogen-bond acceptors (Lipinski definition) is 6. The molecule has 0 aliphatic carbocycles. The van der Waals surface area contributed by atoms with Crippen LogP contribution in [0.25, 0.3) is 5.82 Å². The van der Waals surface area contributed by atoms with Crippen molar-refractivity contribution in [3.8, 4) is 5.82 Å². The van der Waals surface area contributed by atoms with Gasteiger partial charge in [0.05, 0.1) is 5.69 Å². The van der Waals surface area contributed by atoms with Crippen molar-refractivity contribution in [2.45, 2.75) is 40.7 Å². The maximum atomic E-state index is 12.6. The Labute approximate surface area is 156 Å². The number of nitrogens with one attached hydrogen (secondary N) is 1. The van der Waals surface area contributed by atoms with Crippen LogP contribution >= 0.6 is 0 Å². The van der Waals surface area contributed by atoms with Gasteiger partial charge in [-0.25, -0.2) is 19.3 Å². The second-order valence-electron chi connectivity index (χ2n) is 6.45. The van der Waals surface area contributed by atoms with Crippen LogP contribution in [0.5, 0.6) is 0 Å².